The van der Waals surface area contributed by atoms with Crippen LogP contribution < -0.4 is 9.47 Å². The highest BCUT2D eigenvalue weighted by Gasteiger charge is 2.38. The minimum absolute atomic E-state index is 0.00362. The van der Waals surface area contributed by atoms with E-state index in [2.05, 4.69) is 166 Å². The van der Waals surface area contributed by atoms with Crippen LogP contribution in [0.15, 0.2) is 134 Å². The van der Waals surface area contributed by atoms with Gasteiger partial charge in [0.2, 0.25) is 0 Å². The molecule has 0 unspecified atom stereocenters. The number of nitrogens with zero attached hydrogens (tertiary/aromatic N) is 2. The van der Waals surface area contributed by atoms with Gasteiger partial charge in [0, 0.05) is 73.9 Å². The number of pyridine rings is 2. The molecule has 0 amide bonds. The maximum Gasteiger partial charge on any atom is 0.189 e. The number of hydrogen-bond acceptors (Lipinski definition) is 6. The Bertz CT molecular complexity index is 4180. The van der Waals surface area contributed by atoms with E-state index < -0.39 is 0 Å². The second-order valence-electron chi connectivity index (χ2n) is 25.5. The maximum atomic E-state index is 6.84. The third-order valence-electron chi connectivity index (χ3n) is 16.1. The summed E-state index contributed by atoms with van der Waals surface area (Å²) in [5, 5.41) is 11.1. The van der Waals surface area contributed by atoms with Crippen molar-refractivity contribution < 1.29 is 18.9 Å². The molecule has 10 aromatic rings. The second-order valence-corrected chi connectivity index (χ2v) is 27.6. The molecule has 0 saturated carbocycles. The summed E-state index contributed by atoms with van der Waals surface area (Å²) in [4.78, 5) is 8.82. The first-order valence-corrected chi connectivity index (χ1v) is 30.7. The second kappa shape index (κ2) is 24.1. The van der Waals surface area contributed by atoms with Gasteiger partial charge in [-0.25, -0.2) is 4.98 Å². The van der Waals surface area contributed by atoms with Crippen molar-refractivity contribution in [3.8, 4) is 45.0 Å². The van der Waals surface area contributed by atoms with Crippen molar-refractivity contribution in [2.75, 3.05) is 26.8 Å². The molecule has 0 bridgehead atoms. The SMILES string of the molecule is CCOCOc1c(-c2nccc3cc(Cl)cc(Cl)c23)cc2cc3c(cc2c1CC(C)(C)C)C(C)(C)c1ccccc1-3.CCOCOc1c(C)cc2cc3c(cc2c1CC(C)(C)C)C(C)(C)c1ccccc1-3.Clc1cc(Cl)c2c(Cl)nccc2c1. The molecule has 0 radical (unpaired) electrons. The zero-order valence-corrected chi connectivity index (χ0v) is 54.1. The molecule has 2 aliphatic carbocycles. The van der Waals surface area contributed by atoms with Crippen LogP contribution in [0.4, 0.5) is 0 Å². The molecule has 8 aromatic carbocycles. The lowest BCUT2D eigenvalue weighted by molar-refractivity contribution is 0.0212. The highest BCUT2D eigenvalue weighted by molar-refractivity contribution is 6.43. The minimum atomic E-state index is -0.103. The van der Waals surface area contributed by atoms with Gasteiger partial charge < -0.3 is 18.9 Å². The monoisotopic (exact) mass is 1220 g/mol. The van der Waals surface area contributed by atoms with E-state index in [1.165, 1.54) is 71.8 Å². The molecule has 2 heterocycles. The molecule has 2 aromatic heterocycles. The van der Waals surface area contributed by atoms with Crippen LogP contribution in [0.2, 0.25) is 25.2 Å². The Balaban J connectivity index is 0.000000159. The van der Waals surface area contributed by atoms with Crippen LogP contribution in [-0.4, -0.2) is 36.8 Å². The van der Waals surface area contributed by atoms with Gasteiger partial charge in [0.1, 0.15) is 16.7 Å². The Labute approximate surface area is 520 Å². The molecule has 0 atom stereocenters. The van der Waals surface area contributed by atoms with Gasteiger partial charge in [-0.05, 0) is 200 Å². The minimum Gasteiger partial charge on any atom is -0.467 e. The van der Waals surface area contributed by atoms with Crippen molar-refractivity contribution in [2.45, 2.75) is 114 Å². The topological polar surface area (TPSA) is 62.7 Å². The van der Waals surface area contributed by atoms with E-state index in [1.807, 2.05) is 38.2 Å². The van der Waals surface area contributed by atoms with Gasteiger partial charge in [-0.1, -0.05) is 176 Å². The standard InChI is InChI=1S/C36H35Cl2NO2.C28H34O2.C9H4Cl3N/c1-7-40-20-41-34-27(33-32-21(12-13-39-33)14-23(37)17-31(32)38)16-22-15-26-24-10-8-9-11-29(24)36(5,6)30(26)18-25(22)28(34)19-35(2,3)4;1-8-29-17-30-26-18(2)13-19-14-22-20-11-9-10-12-24(20)28(6,7)25(22)15-21(19)23(26)16-27(3,4)5;10-6-3-5-1-2-13-9(12)8(5)7(11)4-6/h8-18H,7,19-20H2,1-6H3;9-15H,8,16-17H2,1-7H3;1-4H. The smallest absolute Gasteiger partial charge is 0.189 e. The number of rotatable bonds is 11. The Morgan fingerprint density at radius 1 is 0.452 bits per heavy atom. The fourth-order valence-corrected chi connectivity index (χ4v) is 13.9. The Morgan fingerprint density at radius 3 is 1.40 bits per heavy atom. The number of halogens is 5. The van der Waals surface area contributed by atoms with Crippen molar-refractivity contribution in [2.24, 2.45) is 10.8 Å². The summed E-state index contributed by atoms with van der Waals surface area (Å²) in [7, 11) is 0. The van der Waals surface area contributed by atoms with Crippen molar-refractivity contribution in [3.05, 3.63) is 198 Å². The van der Waals surface area contributed by atoms with Crippen LogP contribution in [-0.2, 0) is 33.1 Å². The van der Waals surface area contributed by atoms with Crippen molar-refractivity contribution in [1.29, 1.82) is 0 Å². The molecule has 0 saturated heterocycles. The number of benzene rings is 8. The Hall–Kier alpha value is -5.93. The first-order valence-electron chi connectivity index (χ1n) is 28.8. The molecule has 84 heavy (non-hydrogen) atoms. The average Bonchev–Trinajstić information content (AvgIpc) is 4.00. The average molecular weight is 1220 g/mol. The fourth-order valence-electron chi connectivity index (χ4n) is 12.4. The summed E-state index contributed by atoms with van der Waals surface area (Å²) < 4.78 is 23.9. The summed E-state index contributed by atoms with van der Waals surface area (Å²) in [6.07, 6.45) is 5.21. The van der Waals surface area contributed by atoms with Crippen LogP contribution in [0.25, 0.3) is 76.6 Å². The fraction of sp³-hybridized carbons (Fsp3) is 0.315. The molecule has 6 nitrogen and oxygen atoms in total. The van der Waals surface area contributed by atoms with Gasteiger partial charge in [-0.2, -0.15) is 0 Å². The molecule has 11 heteroatoms. The zero-order chi connectivity index (χ0) is 60.2. The van der Waals surface area contributed by atoms with E-state index in [-0.39, 0.29) is 28.5 Å². The molecule has 0 N–H and O–H groups in total. The lowest BCUT2D eigenvalue weighted by Gasteiger charge is -2.26. The summed E-state index contributed by atoms with van der Waals surface area (Å²) in [5.41, 5.74) is 16.2. The number of aromatic nitrogens is 2. The predicted octanol–water partition coefficient (Wildman–Crippen LogP) is 22.2. The lowest BCUT2D eigenvalue weighted by Crippen LogP contribution is -2.16. The molecule has 2 aliphatic rings. The number of hydrogen-bond donors (Lipinski definition) is 0. The number of fused-ring (bicyclic) bond motifs is 10. The molecule has 0 aliphatic heterocycles. The summed E-state index contributed by atoms with van der Waals surface area (Å²) in [5.74, 6) is 1.78. The molecular weight excluding hydrogens is 1150 g/mol. The third-order valence-corrected chi connectivity index (χ3v) is 17.5. The van der Waals surface area contributed by atoms with Crippen LogP contribution >= 0.6 is 58.0 Å². The van der Waals surface area contributed by atoms with E-state index in [1.54, 1.807) is 24.4 Å². The van der Waals surface area contributed by atoms with Gasteiger partial charge in [0.25, 0.3) is 0 Å². The Morgan fingerprint density at radius 2 is 0.893 bits per heavy atom. The molecule has 0 spiro atoms. The molecular formula is C73H73Cl5N2O4. The molecule has 12 rings (SSSR count). The van der Waals surface area contributed by atoms with Crippen LogP contribution in [0, 0.1) is 17.8 Å². The van der Waals surface area contributed by atoms with E-state index in [9.17, 15) is 0 Å². The van der Waals surface area contributed by atoms with E-state index >= 15 is 0 Å². The summed E-state index contributed by atoms with van der Waals surface area (Å²) in [6.45, 7) is 30.8. The quantitative estimate of drug-likeness (QED) is 0.0731. The third kappa shape index (κ3) is 12.1. The normalized spacial score (nSPS) is 13.7. The van der Waals surface area contributed by atoms with Gasteiger partial charge in [0.05, 0.1) is 15.7 Å². The first-order chi connectivity index (χ1) is 39.8. The van der Waals surface area contributed by atoms with Crippen molar-refractivity contribution in [1.82, 2.24) is 9.97 Å². The summed E-state index contributed by atoms with van der Waals surface area (Å²) >= 11 is 30.9. The highest BCUT2D eigenvalue weighted by Crippen LogP contribution is 2.54. The van der Waals surface area contributed by atoms with Gasteiger partial charge in [-0.15, -0.1) is 0 Å². The first kappa shape index (κ1) is 61.2. The predicted molar refractivity (Wildman–Crippen MR) is 356 cm³/mol. The van der Waals surface area contributed by atoms with Crippen molar-refractivity contribution >= 4 is 101 Å². The zero-order valence-electron chi connectivity index (χ0n) is 50.4. The highest BCUT2D eigenvalue weighted by atomic mass is 35.5. The maximum absolute atomic E-state index is 6.84. The van der Waals surface area contributed by atoms with E-state index in [0.717, 1.165) is 68.1 Å². The van der Waals surface area contributed by atoms with E-state index in [4.69, 9.17) is 81.9 Å². The van der Waals surface area contributed by atoms with Gasteiger partial charge >= 0.3 is 0 Å². The van der Waals surface area contributed by atoms with Crippen LogP contribution in [0.3, 0.4) is 0 Å². The van der Waals surface area contributed by atoms with Gasteiger partial charge in [-0.3, -0.25) is 4.98 Å². The molecule has 434 valence electrons. The van der Waals surface area contributed by atoms with Crippen LogP contribution in [0.1, 0.15) is 122 Å². The number of ether oxygens (including phenoxy) is 4. The summed E-state index contributed by atoms with van der Waals surface area (Å²) in [6, 6.07) is 42.6. The number of aryl methyl sites for hydroxylation is 1. The Kier molecular flexibility index (Phi) is 17.5. The lowest BCUT2D eigenvalue weighted by atomic mass is 9.79. The van der Waals surface area contributed by atoms with Crippen molar-refractivity contribution in [3.63, 3.8) is 0 Å². The van der Waals surface area contributed by atoms with Crippen LogP contribution in [0.5, 0.6) is 11.5 Å². The molecule has 0 fully saturated rings. The van der Waals surface area contributed by atoms with Gasteiger partial charge in [0.15, 0.2) is 13.6 Å². The largest absolute Gasteiger partial charge is 0.467 e. The van der Waals surface area contributed by atoms with E-state index in [0.29, 0.717) is 45.3 Å².